The summed E-state index contributed by atoms with van der Waals surface area (Å²) >= 11 is 0. The van der Waals surface area contributed by atoms with E-state index in [-0.39, 0.29) is 6.61 Å². The highest BCUT2D eigenvalue weighted by molar-refractivity contribution is 4.68. The molecule has 0 aromatic rings. The fourth-order valence-corrected chi connectivity index (χ4v) is 0.507. The molecule has 0 aromatic carbocycles. The molecule has 1 saturated heterocycles. The molecule has 1 unspecified atom stereocenters. The predicted molar refractivity (Wildman–Crippen MR) is 32.7 cm³/mol. The lowest BCUT2D eigenvalue weighted by Gasteiger charge is -2.07. The van der Waals surface area contributed by atoms with Crippen LogP contribution in [-0.2, 0) is 0 Å². The van der Waals surface area contributed by atoms with Crippen molar-refractivity contribution < 1.29 is 10.2 Å². The molecular weight excluding hydrogens is 120 g/mol. The Labute approximate surface area is 54.1 Å². The van der Waals surface area contributed by atoms with Gasteiger partial charge >= 0.3 is 0 Å². The number of hydrogen-bond donors (Lipinski definition) is 3. The summed E-state index contributed by atoms with van der Waals surface area (Å²) in [6.45, 7) is 2.40. The number of hydrogen-bond acceptors (Lipinski definition) is 4. The fourth-order valence-electron chi connectivity index (χ4n) is 0.507. The number of nitrogens with one attached hydrogen (secondary N) is 1. The quantitative estimate of drug-likeness (QED) is 0.393. The van der Waals surface area contributed by atoms with Crippen molar-refractivity contribution in [2.45, 2.75) is 6.10 Å². The van der Waals surface area contributed by atoms with Gasteiger partial charge in [-0.15, -0.1) is 0 Å². The van der Waals surface area contributed by atoms with Crippen molar-refractivity contribution in [1.29, 1.82) is 0 Å². The Bertz CT molecular complexity index is 85.0. The molecule has 3 N–H and O–H groups in total. The van der Waals surface area contributed by atoms with Gasteiger partial charge in [0.1, 0.15) is 0 Å². The normalized spacial score (nSPS) is 22.0. The summed E-state index contributed by atoms with van der Waals surface area (Å²) in [6.07, 6.45) is -0.620. The molecule has 1 heterocycles. The van der Waals surface area contributed by atoms with Gasteiger partial charge in [0.05, 0.1) is 12.7 Å². The molecule has 0 saturated carbocycles. The van der Waals surface area contributed by atoms with Crippen LogP contribution in [0.2, 0.25) is 0 Å². The maximum absolute atomic E-state index is 8.80. The Morgan fingerprint density at radius 2 is 2.22 bits per heavy atom. The highest BCUT2D eigenvalue weighted by Gasteiger charge is 2.16. The zero-order valence-corrected chi connectivity index (χ0v) is 5.25. The number of rotatable bonds is 4. The molecule has 54 valence electrons. The van der Waals surface area contributed by atoms with E-state index in [9.17, 15) is 0 Å². The molecule has 0 amide bonds. The van der Waals surface area contributed by atoms with Crippen LogP contribution in [0.25, 0.3) is 0 Å². The molecule has 4 heteroatoms. The summed E-state index contributed by atoms with van der Waals surface area (Å²) in [5.41, 5.74) is 2.93. The van der Waals surface area contributed by atoms with Crippen LogP contribution in [0.3, 0.4) is 0 Å². The third-order valence-electron chi connectivity index (χ3n) is 1.21. The Balaban J connectivity index is 1.90. The van der Waals surface area contributed by atoms with Crippen molar-refractivity contribution in [2.75, 3.05) is 26.2 Å². The SMILES string of the molecule is OCC(O)CNN1CC1. The molecule has 1 aliphatic heterocycles. The minimum atomic E-state index is -0.620. The largest absolute Gasteiger partial charge is 0.394 e. The van der Waals surface area contributed by atoms with Crippen LogP contribution in [0.4, 0.5) is 0 Å². The molecule has 0 aliphatic carbocycles. The smallest absolute Gasteiger partial charge is 0.0908 e. The van der Waals surface area contributed by atoms with Crippen molar-refractivity contribution in [3.63, 3.8) is 0 Å². The van der Waals surface area contributed by atoms with Gasteiger partial charge in [0.2, 0.25) is 0 Å². The molecule has 1 atom stereocenters. The number of hydrazine groups is 1. The number of nitrogens with zero attached hydrogens (tertiary/aromatic N) is 1. The van der Waals surface area contributed by atoms with E-state index in [0.29, 0.717) is 6.54 Å². The third kappa shape index (κ3) is 2.76. The molecule has 0 spiro atoms. The van der Waals surface area contributed by atoms with Crippen molar-refractivity contribution >= 4 is 0 Å². The molecular formula is C5H12N2O2. The predicted octanol–water partition coefficient (Wildman–Crippen LogP) is -1.84. The van der Waals surface area contributed by atoms with E-state index in [1.165, 1.54) is 0 Å². The zero-order chi connectivity index (χ0) is 6.69. The summed E-state index contributed by atoms with van der Waals surface area (Å²) in [7, 11) is 0. The van der Waals surface area contributed by atoms with E-state index >= 15 is 0 Å². The number of aliphatic hydroxyl groups is 2. The highest BCUT2D eigenvalue weighted by Crippen LogP contribution is 1.95. The summed E-state index contributed by atoms with van der Waals surface area (Å²) in [6, 6.07) is 0. The maximum atomic E-state index is 8.80. The molecule has 0 aromatic heterocycles. The molecule has 9 heavy (non-hydrogen) atoms. The zero-order valence-electron chi connectivity index (χ0n) is 5.25. The van der Waals surface area contributed by atoms with Gasteiger partial charge in [0.15, 0.2) is 0 Å². The van der Waals surface area contributed by atoms with Gasteiger partial charge in [-0.05, 0) is 0 Å². The maximum Gasteiger partial charge on any atom is 0.0908 e. The lowest BCUT2D eigenvalue weighted by Crippen LogP contribution is -2.32. The lowest BCUT2D eigenvalue weighted by molar-refractivity contribution is 0.0852. The highest BCUT2D eigenvalue weighted by atomic mass is 16.3. The van der Waals surface area contributed by atoms with Gasteiger partial charge in [-0.2, -0.15) is 0 Å². The van der Waals surface area contributed by atoms with Crippen molar-refractivity contribution in [3.8, 4) is 0 Å². The average Bonchev–Trinajstić information content (AvgIpc) is 2.65. The molecule has 1 fully saturated rings. The van der Waals surface area contributed by atoms with E-state index < -0.39 is 6.10 Å². The van der Waals surface area contributed by atoms with Gasteiger partial charge in [-0.25, -0.2) is 5.01 Å². The monoisotopic (exact) mass is 132 g/mol. The van der Waals surface area contributed by atoms with Crippen LogP contribution in [0.15, 0.2) is 0 Å². The first-order valence-electron chi connectivity index (χ1n) is 3.10. The van der Waals surface area contributed by atoms with E-state index in [1.54, 1.807) is 0 Å². The summed E-state index contributed by atoms with van der Waals surface area (Å²) in [5.74, 6) is 0. The lowest BCUT2D eigenvalue weighted by atomic mass is 10.4. The van der Waals surface area contributed by atoms with Crippen LogP contribution in [0.5, 0.6) is 0 Å². The second-order valence-corrected chi connectivity index (χ2v) is 2.19. The molecule has 0 radical (unpaired) electrons. The van der Waals surface area contributed by atoms with Crippen LogP contribution in [0.1, 0.15) is 0 Å². The fraction of sp³-hybridized carbons (Fsp3) is 1.00. The van der Waals surface area contributed by atoms with Gasteiger partial charge in [0, 0.05) is 19.6 Å². The first kappa shape index (κ1) is 6.95. The number of aliphatic hydroxyl groups excluding tert-OH is 2. The van der Waals surface area contributed by atoms with Gasteiger partial charge in [0.25, 0.3) is 0 Å². The minimum Gasteiger partial charge on any atom is -0.394 e. The van der Waals surface area contributed by atoms with Crippen molar-refractivity contribution in [1.82, 2.24) is 10.4 Å². The van der Waals surface area contributed by atoms with Crippen LogP contribution < -0.4 is 5.43 Å². The summed E-state index contributed by atoms with van der Waals surface area (Å²) < 4.78 is 0. The first-order chi connectivity index (χ1) is 4.33. The average molecular weight is 132 g/mol. The molecule has 1 aliphatic rings. The Hall–Kier alpha value is -0.160. The topological polar surface area (TPSA) is 55.5 Å². The summed E-state index contributed by atoms with van der Waals surface area (Å²) in [4.78, 5) is 0. The Kier molecular flexibility index (Phi) is 2.41. The van der Waals surface area contributed by atoms with Gasteiger partial charge in [-0.3, -0.25) is 5.43 Å². The van der Waals surface area contributed by atoms with E-state index in [4.69, 9.17) is 10.2 Å². The Morgan fingerprint density at radius 3 is 2.67 bits per heavy atom. The first-order valence-corrected chi connectivity index (χ1v) is 3.10. The standard InChI is InChI=1S/C5H12N2O2/c8-4-5(9)3-6-7-1-2-7/h5-6,8-9H,1-4H2. The second kappa shape index (κ2) is 3.12. The van der Waals surface area contributed by atoms with Gasteiger partial charge in [-0.1, -0.05) is 0 Å². The minimum absolute atomic E-state index is 0.166. The molecule has 0 bridgehead atoms. The summed E-state index contributed by atoms with van der Waals surface area (Å²) in [5, 5.41) is 19.1. The van der Waals surface area contributed by atoms with Crippen LogP contribution >= 0.6 is 0 Å². The van der Waals surface area contributed by atoms with E-state index in [2.05, 4.69) is 5.43 Å². The van der Waals surface area contributed by atoms with Crippen molar-refractivity contribution in [2.24, 2.45) is 0 Å². The molecule has 1 rings (SSSR count). The molecule has 4 nitrogen and oxygen atoms in total. The third-order valence-corrected chi connectivity index (χ3v) is 1.21. The van der Waals surface area contributed by atoms with Crippen LogP contribution in [-0.4, -0.2) is 47.6 Å². The van der Waals surface area contributed by atoms with Gasteiger partial charge < -0.3 is 10.2 Å². The van der Waals surface area contributed by atoms with Crippen LogP contribution in [0, 0.1) is 0 Å². The van der Waals surface area contributed by atoms with E-state index in [1.807, 2.05) is 5.01 Å². The Morgan fingerprint density at radius 1 is 1.56 bits per heavy atom. The van der Waals surface area contributed by atoms with E-state index in [0.717, 1.165) is 13.1 Å². The van der Waals surface area contributed by atoms with Crippen molar-refractivity contribution in [3.05, 3.63) is 0 Å². The second-order valence-electron chi connectivity index (χ2n) is 2.19.